The van der Waals surface area contributed by atoms with Crippen molar-refractivity contribution < 1.29 is 0 Å². The van der Waals surface area contributed by atoms with E-state index in [0.29, 0.717) is 17.3 Å². The van der Waals surface area contributed by atoms with Gasteiger partial charge in [0.05, 0.1) is 10.2 Å². The van der Waals surface area contributed by atoms with Gasteiger partial charge in [-0.2, -0.15) is 0 Å². The zero-order valence-electron chi connectivity index (χ0n) is 10.2. The maximum absolute atomic E-state index is 5.96. The van der Waals surface area contributed by atoms with Crippen molar-refractivity contribution in [1.29, 1.82) is 0 Å². The number of hydrogen-bond acceptors (Lipinski definition) is 7. The first kappa shape index (κ1) is 11.7. The van der Waals surface area contributed by atoms with Gasteiger partial charge in [-0.15, -0.1) is 0 Å². The predicted molar refractivity (Wildman–Crippen MR) is 78.9 cm³/mol. The van der Waals surface area contributed by atoms with Gasteiger partial charge >= 0.3 is 0 Å². The van der Waals surface area contributed by atoms with Crippen molar-refractivity contribution in [2.45, 2.75) is 0 Å². The molecule has 3 aromatic rings. The Morgan fingerprint density at radius 1 is 1.16 bits per heavy atom. The van der Waals surface area contributed by atoms with E-state index in [1.807, 2.05) is 24.3 Å². The van der Waals surface area contributed by atoms with Crippen LogP contribution in [0.25, 0.3) is 10.2 Å². The highest BCUT2D eigenvalue weighted by Crippen LogP contribution is 2.30. The number of hydrogen-bond donors (Lipinski definition) is 3. The first-order chi connectivity index (χ1) is 9.28. The molecule has 0 unspecified atom stereocenters. The molecule has 2 heterocycles. The van der Waals surface area contributed by atoms with Gasteiger partial charge in [0.2, 0.25) is 0 Å². The summed E-state index contributed by atoms with van der Waals surface area (Å²) in [6.07, 6.45) is 1.46. The van der Waals surface area contributed by atoms with E-state index in [1.165, 1.54) is 6.33 Å². The van der Waals surface area contributed by atoms with Gasteiger partial charge in [-0.3, -0.25) is 0 Å². The Balaban J connectivity index is 1.96. The van der Waals surface area contributed by atoms with Crippen LogP contribution in [0.5, 0.6) is 0 Å². The van der Waals surface area contributed by atoms with Gasteiger partial charge in [-0.05, 0) is 12.1 Å². The zero-order chi connectivity index (χ0) is 13.2. The molecule has 0 aliphatic carbocycles. The highest BCUT2D eigenvalue weighted by atomic mass is 32.1. The van der Waals surface area contributed by atoms with Crippen molar-refractivity contribution in [1.82, 2.24) is 15.0 Å². The molecular formula is C12H12N6S. The lowest BCUT2D eigenvalue weighted by Crippen LogP contribution is -2.04. The average molecular weight is 272 g/mol. The fraction of sp³-hybridized carbons (Fsp3) is 0.0833. The summed E-state index contributed by atoms with van der Waals surface area (Å²) >= 11 is 1.56. The molecular weight excluding hydrogens is 260 g/mol. The van der Waals surface area contributed by atoms with E-state index >= 15 is 0 Å². The number of nitrogen functional groups attached to an aromatic ring is 1. The van der Waals surface area contributed by atoms with Crippen molar-refractivity contribution in [2.24, 2.45) is 0 Å². The number of nitrogens with one attached hydrogen (secondary N) is 2. The molecule has 0 aliphatic rings. The van der Waals surface area contributed by atoms with Crippen LogP contribution in [0.4, 0.5) is 22.5 Å². The maximum Gasteiger partial charge on any atom is 0.189 e. The van der Waals surface area contributed by atoms with Crippen molar-refractivity contribution in [3.63, 3.8) is 0 Å². The van der Waals surface area contributed by atoms with Crippen molar-refractivity contribution in [3.05, 3.63) is 30.6 Å². The molecule has 1 aromatic carbocycles. The standard InChI is InChI=1S/C12H12N6S/c1-14-10-9(13)11(16-6-15-10)18-12-17-7-4-2-3-5-8(7)19-12/h2-6H,13H2,1H3,(H2,14,15,16,17,18). The summed E-state index contributed by atoms with van der Waals surface area (Å²) in [5.41, 5.74) is 7.39. The summed E-state index contributed by atoms with van der Waals surface area (Å²) in [7, 11) is 1.76. The summed E-state index contributed by atoms with van der Waals surface area (Å²) in [5.74, 6) is 1.15. The smallest absolute Gasteiger partial charge is 0.189 e. The molecule has 4 N–H and O–H groups in total. The summed E-state index contributed by atoms with van der Waals surface area (Å²) in [6.45, 7) is 0. The Morgan fingerprint density at radius 2 is 1.95 bits per heavy atom. The largest absolute Gasteiger partial charge is 0.393 e. The molecule has 0 atom stereocenters. The Labute approximate surface area is 113 Å². The lowest BCUT2D eigenvalue weighted by atomic mass is 10.3. The van der Waals surface area contributed by atoms with Crippen LogP contribution in [0.1, 0.15) is 0 Å². The fourth-order valence-corrected chi connectivity index (χ4v) is 2.59. The van der Waals surface area contributed by atoms with Crippen LogP contribution in [0, 0.1) is 0 Å². The predicted octanol–water partition coefficient (Wildman–Crippen LogP) is 2.45. The number of aromatic nitrogens is 3. The minimum Gasteiger partial charge on any atom is -0.393 e. The van der Waals surface area contributed by atoms with Crippen LogP contribution >= 0.6 is 11.3 Å². The topological polar surface area (TPSA) is 88.8 Å². The monoisotopic (exact) mass is 272 g/mol. The van der Waals surface area contributed by atoms with Gasteiger partial charge in [0.15, 0.2) is 16.8 Å². The molecule has 7 heteroatoms. The van der Waals surface area contributed by atoms with Gasteiger partial charge in [0.25, 0.3) is 0 Å². The number of nitrogens with two attached hydrogens (primary N) is 1. The minimum absolute atomic E-state index is 0.476. The molecule has 2 aromatic heterocycles. The first-order valence-electron chi connectivity index (χ1n) is 5.69. The molecule has 96 valence electrons. The highest BCUT2D eigenvalue weighted by molar-refractivity contribution is 7.22. The fourth-order valence-electron chi connectivity index (χ4n) is 1.72. The van der Waals surface area contributed by atoms with Crippen molar-refractivity contribution in [3.8, 4) is 0 Å². The number of rotatable bonds is 3. The molecule has 0 aliphatic heterocycles. The van der Waals surface area contributed by atoms with E-state index in [1.54, 1.807) is 18.4 Å². The average Bonchev–Trinajstić information content (AvgIpc) is 2.83. The number of para-hydroxylation sites is 1. The van der Waals surface area contributed by atoms with E-state index in [2.05, 4.69) is 25.6 Å². The van der Waals surface area contributed by atoms with Crippen LogP contribution in [-0.2, 0) is 0 Å². The van der Waals surface area contributed by atoms with E-state index < -0.39 is 0 Å². The summed E-state index contributed by atoms with van der Waals surface area (Å²) in [4.78, 5) is 12.6. The van der Waals surface area contributed by atoms with Crippen LogP contribution in [0.3, 0.4) is 0 Å². The lowest BCUT2D eigenvalue weighted by Gasteiger charge is -2.08. The second-order valence-electron chi connectivity index (χ2n) is 3.85. The highest BCUT2D eigenvalue weighted by Gasteiger charge is 2.09. The zero-order valence-corrected chi connectivity index (χ0v) is 11.0. The molecule has 0 fully saturated rings. The first-order valence-corrected chi connectivity index (χ1v) is 6.50. The van der Waals surface area contributed by atoms with Gasteiger partial charge in [0.1, 0.15) is 12.0 Å². The van der Waals surface area contributed by atoms with Crippen molar-refractivity contribution >= 4 is 44.0 Å². The van der Waals surface area contributed by atoms with Crippen molar-refractivity contribution in [2.75, 3.05) is 23.4 Å². The summed E-state index contributed by atoms with van der Waals surface area (Å²) in [5, 5.41) is 6.80. The second-order valence-corrected chi connectivity index (χ2v) is 4.88. The normalized spacial score (nSPS) is 10.6. The van der Waals surface area contributed by atoms with Crippen LogP contribution in [0.2, 0.25) is 0 Å². The number of thiazole rings is 1. The Morgan fingerprint density at radius 3 is 2.74 bits per heavy atom. The molecule has 0 spiro atoms. The van der Waals surface area contributed by atoms with Gasteiger partial charge in [-0.25, -0.2) is 15.0 Å². The van der Waals surface area contributed by atoms with E-state index in [0.717, 1.165) is 15.3 Å². The number of fused-ring (bicyclic) bond motifs is 1. The Bertz CT molecular complexity index is 690. The summed E-state index contributed by atoms with van der Waals surface area (Å²) < 4.78 is 1.12. The number of anilines is 4. The molecule has 19 heavy (non-hydrogen) atoms. The Hall–Kier alpha value is -2.41. The third kappa shape index (κ3) is 2.15. The van der Waals surface area contributed by atoms with Crippen LogP contribution in [0.15, 0.2) is 30.6 Å². The molecule has 0 saturated heterocycles. The number of benzene rings is 1. The molecule has 0 bridgehead atoms. The molecule has 6 nitrogen and oxygen atoms in total. The quantitative estimate of drug-likeness (QED) is 0.678. The van der Waals surface area contributed by atoms with Gasteiger partial charge in [0, 0.05) is 7.05 Å². The molecule has 0 amide bonds. The van der Waals surface area contributed by atoms with E-state index in [4.69, 9.17) is 5.73 Å². The molecule has 0 radical (unpaired) electrons. The SMILES string of the molecule is CNc1ncnc(Nc2nc3ccccc3s2)c1N. The lowest BCUT2D eigenvalue weighted by molar-refractivity contribution is 1.16. The minimum atomic E-state index is 0.476. The Kier molecular flexibility index (Phi) is 2.88. The van der Waals surface area contributed by atoms with E-state index in [-0.39, 0.29) is 0 Å². The van der Waals surface area contributed by atoms with Gasteiger partial charge in [-0.1, -0.05) is 23.5 Å². The maximum atomic E-state index is 5.96. The third-order valence-corrected chi connectivity index (χ3v) is 3.59. The van der Waals surface area contributed by atoms with Crippen LogP contribution < -0.4 is 16.4 Å². The van der Waals surface area contributed by atoms with E-state index in [9.17, 15) is 0 Å². The third-order valence-electron chi connectivity index (χ3n) is 2.64. The number of nitrogens with zero attached hydrogens (tertiary/aromatic N) is 3. The molecule has 3 rings (SSSR count). The van der Waals surface area contributed by atoms with Crippen LogP contribution in [-0.4, -0.2) is 22.0 Å². The second kappa shape index (κ2) is 4.69. The van der Waals surface area contributed by atoms with Gasteiger partial charge < -0.3 is 16.4 Å². The summed E-state index contributed by atoms with van der Waals surface area (Å²) in [6, 6.07) is 7.95. The molecule has 0 saturated carbocycles.